The lowest BCUT2D eigenvalue weighted by molar-refractivity contribution is 0.117. The lowest BCUT2D eigenvalue weighted by Crippen LogP contribution is -2.35. The summed E-state index contributed by atoms with van der Waals surface area (Å²) in [6.45, 7) is 9.13. The van der Waals surface area contributed by atoms with Crippen molar-refractivity contribution in [3.05, 3.63) is 0 Å². The lowest BCUT2D eigenvalue weighted by atomic mass is 10.3. The van der Waals surface area contributed by atoms with Gasteiger partial charge in [-0.15, -0.1) is 0 Å². The predicted octanol–water partition coefficient (Wildman–Crippen LogP) is 3.68. The van der Waals surface area contributed by atoms with Gasteiger partial charge in [-0.3, -0.25) is 0 Å². The minimum absolute atomic E-state index is 0.754. The molecule has 0 rings (SSSR count). The third-order valence-electron chi connectivity index (χ3n) is 5.41. The average Bonchev–Trinajstić information content (AvgIpc) is 2.75. The predicted molar refractivity (Wildman–Crippen MR) is 123 cm³/mol. The third-order valence-corrected chi connectivity index (χ3v) is 11.4. The van der Waals surface area contributed by atoms with Crippen LogP contribution >= 0.6 is 0 Å². The van der Waals surface area contributed by atoms with Crippen LogP contribution in [0.25, 0.3) is 0 Å². The highest BCUT2D eigenvalue weighted by Crippen LogP contribution is 2.16. The fourth-order valence-electron chi connectivity index (χ4n) is 2.85. The summed E-state index contributed by atoms with van der Waals surface area (Å²) in [4.78, 5) is 0. The SMILES string of the molecule is CO[Si](C)(CCCCCOCCNCCOCCCCC[Si](C)(OC)OC)OC. The first-order valence-corrected chi connectivity index (χ1v) is 16.1. The Morgan fingerprint density at radius 1 is 0.517 bits per heavy atom. The molecule has 1 N–H and O–H groups in total. The second-order valence-electron chi connectivity index (χ2n) is 7.68. The number of hydrogen-bond donors (Lipinski definition) is 1. The molecule has 0 saturated carbocycles. The molecule has 0 unspecified atom stereocenters. The van der Waals surface area contributed by atoms with E-state index in [0.29, 0.717) is 0 Å². The van der Waals surface area contributed by atoms with Gasteiger partial charge in [0.15, 0.2) is 0 Å². The van der Waals surface area contributed by atoms with E-state index in [0.717, 1.165) is 90.1 Å². The molecule has 0 aliphatic heterocycles. The summed E-state index contributed by atoms with van der Waals surface area (Å²) < 4.78 is 33.3. The van der Waals surface area contributed by atoms with Gasteiger partial charge in [0.25, 0.3) is 0 Å². The second kappa shape index (κ2) is 18.9. The normalized spacial score (nSPS) is 12.6. The highest BCUT2D eigenvalue weighted by atomic mass is 28.4. The van der Waals surface area contributed by atoms with Crippen molar-refractivity contribution in [2.45, 2.75) is 63.7 Å². The zero-order chi connectivity index (χ0) is 21.8. The Morgan fingerprint density at radius 2 is 0.897 bits per heavy atom. The third kappa shape index (κ3) is 16.5. The Kier molecular flexibility index (Phi) is 19.0. The summed E-state index contributed by atoms with van der Waals surface area (Å²) in [5.74, 6) is 0. The molecule has 0 aliphatic rings. The van der Waals surface area contributed by atoms with E-state index in [1.54, 1.807) is 28.4 Å². The quantitative estimate of drug-likeness (QED) is 0.198. The maximum absolute atomic E-state index is 5.66. The fourth-order valence-corrected chi connectivity index (χ4v) is 5.78. The van der Waals surface area contributed by atoms with Crippen molar-refractivity contribution >= 4 is 17.1 Å². The highest BCUT2D eigenvalue weighted by Gasteiger charge is 2.28. The molecule has 9 heteroatoms. The largest absolute Gasteiger partial charge is 0.398 e. The van der Waals surface area contributed by atoms with Gasteiger partial charge in [-0.1, -0.05) is 25.7 Å². The first-order chi connectivity index (χ1) is 13.9. The van der Waals surface area contributed by atoms with Crippen LogP contribution in [-0.4, -0.2) is 85.1 Å². The van der Waals surface area contributed by atoms with Crippen molar-refractivity contribution in [1.29, 1.82) is 0 Å². The molecule has 0 aromatic rings. The molecule has 0 atom stereocenters. The van der Waals surface area contributed by atoms with Crippen molar-refractivity contribution in [3.8, 4) is 0 Å². The molecule has 0 bridgehead atoms. The van der Waals surface area contributed by atoms with Crippen LogP contribution in [0.5, 0.6) is 0 Å². The van der Waals surface area contributed by atoms with Crippen LogP contribution in [0.2, 0.25) is 25.2 Å². The summed E-state index contributed by atoms with van der Waals surface area (Å²) >= 11 is 0. The smallest absolute Gasteiger partial charge is 0.334 e. The zero-order valence-electron chi connectivity index (χ0n) is 19.8. The van der Waals surface area contributed by atoms with Crippen LogP contribution in [-0.2, 0) is 27.2 Å². The Bertz CT molecular complexity index is 326. The summed E-state index contributed by atoms with van der Waals surface area (Å²) in [6, 6.07) is 2.09. The van der Waals surface area contributed by atoms with Crippen LogP contribution in [0.15, 0.2) is 0 Å². The summed E-state index contributed by atoms with van der Waals surface area (Å²) in [7, 11) is 3.23. The maximum atomic E-state index is 5.66. The van der Waals surface area contributed by atoms with Gasteiger partial charge in [-0.05, 0) is 38.0 Å². The van der Waals surface area contributed by atoms with E-state index in [4.69, 9.17) is 27.2 Å². The molecule has 0 saturated heterocycles. The molecular formula is C20H47NO6Si2. The molecule has 0 amide bonds. The minimum atomic E-state index is -1.89. The zero-order valence-corrected chi connectivity index (χ0v) is 21.8. The van der Waals surface area contributed by atoms with Crippen molar-refractivity contribution in [3.63, 3.8) is 0 Å². The topological polar surface area (TPSA) is 67.4 Å². The van der Waals surface area contributed by atoms with Gasteiger partial charge in [0.2, 0.25) is 0 Å². The Hall–Kier alpha value is 0.154. The van der Waals surface area contributed by atoms with E-state index in [9.17, 15) is 0 Å². The number of rotatable bonds is 22. The van der Waals surface area contributed by atoms with E-state index in [-0.39, 0.29) is 0 Å². The summed E-state index contributed by atoms with van der Waals surface area (Å²) in [5.41, 5.74) is 0. The molecule has 0 aromatic carbocycles. The van der Waals surface area contributed by atoms with Crippen LogP contribution in [0.4, 0.5) is 0 Å². The molecule has 0 radical (unpaired) electrons. The molecule has 29 heavy (non-hydrogen) atoms. The van der Waals surface area contributed by atoms with E-state index >= 15 is 0 Å². The first kappa shape index (κ1) is 29.2. The number of nitrogens with one attached hydrogen (secondary N) is 1. The van der Waals surface area contributed by atoms with Gasteiger partial charge in [-0.25, -0.2) is 0 Å². The number of hydrogen-bond acceptors (Lipinski definition) is 7. The van der Waals surface area contributed by atoms with Crippen LogP contribution in [0.1, 0.15) is 38.5 Å². The summed E-state index contributed by atoms with van der Waals surface area (Å²) in [5, 5.41) is 3.35. The van der Waals surface area contributed by atoms with Crippen LogP contribution in [0.3, 0.4) is 0 Å². The Morgan fingerprint density at radius 3 is 1.24 bits per heavy atom. The monoisotopic (exact) mass is 453 g/mol. The molecule has 0 heterocycles. The number of ether oxygens (including phenoxy) is 2. The molecule has 176 valence electrons. The number of unbranched alkanes of at least 4 members (excludes halogenated alkanes) is 4. The molecule has 0 aromatic heterocycles. The van der Waals surface area contributed by atoms with E-state index in [1.807, 2.05) is 0 Å². The van der Waals surface area contributed by atoms with Gasteiger partial charge < -0.3 is 32.5 Å². The van der Waals surface area contributed by atoms with E-state index < -0.39 is 17.1 Å². The molecule has 7 nitrogen and oxygen atoms in total. The average molecular weight is 454 g/mol. The van der Waals surface area contributed by atoms with Gasteiger partial charge in [0.05, 0.1) is 13.2 Å². The summed E-state index contributed by atoms with van der Waals surface area (Å²) in [6.07, 6.45) is 6.80. The van der Waals surface area contributed by atoms with Crippen molar-refractivity contribution in [2.75, 3.05) is 68.0 Å². The Balaban J connectivity index is 3.25. The minimum Gasteiger partial charge on any atom is -0.398 e. The van der Waals surface area contributed by atoms with Crippen LogP contribution < -0.4 is 5.32 Å². The molecular weight excluding hydrogens is 406 g/mol. The van der Waals surface area contributed by atoms with Gasteiger partial charge >= 0.3 is 17.1 Å². The van der Waals surface area contributed by atoms with E-state index in [1.165, 1.54) is 0 Å². The Labute approximate surface area is 181 Å². The standard InChI is InChI=1S/C20H47NO6Si2/c1-22-28(5,23-2)19-11-7-9-15-26-17-13-21-14-18-27-16-10-8-12-20-29(6,24-3)25-4/h21H,7-20H2,1-6H3. The second-order valence-corrected chi connectivity index (χ2v) is 14.8. The van der Waals surface area contributed by atoms with Gasteiger partial charge in [0.1, 0.15) is 0 Å². The molecule has 0 fully saturated rings. The van der Waals surface area contributed by atoms with E-state index in [2.05, 4.69) is 18.4 Å². The highest BCUT2D eigenvalue weighted by molar-refractivity contribution is 6.66. The van der Waals surface area contributed by atoms with Gasteiger partial charge in [0, 0.05) is 54.7 Å². The van der Waals surface area contributed by atoms with Crippen molar-refractivity contribution < 1.29 is 27.2 Å². The van der Waals surface area contributed by atoms with Gasteiger partial charge in [-0.2, -0.15) is 0 Å². The molecule has 0 aliphatic carbocycles. The van der Waals surface area contributed by atoms with Crippen molar-refractivity contribution in [1.82, 2.24) is 5.32 Å². The fraction of sp³-hybridized carbons (Fsp3) is 1.00. The van der Waals surface area contributed by atoms with Crippen molar-refractivity contribution in [2.24, 2.45) is 0 Å². The maximum Gasteiger partial charge on any atom is 0.334 e. The first-order valence-electron chi connectivity index (χ1n) is 11.0. The lowest BCUT2D eigenvalue weighted by Gasteiger charge is -2.22. The molecule has 0 spiro atoms. The van der Waals surface area contributed by atoms with Crippen LogP contribution in [0, 0.1) is 0 Å².